The number of amides is 1. The van der Waals surface area contributed by atoms with Crippen LogP contribution in [0.2, 0.25) is 0 Å². The van der Waals surface area contributed by atoms with Gasteiger partial charge in [0, 0.05) is 19.2 Å². The molecule has 0 saturated carbocycles. The normalized spacial score (nSPS) is 15.8. The maximum atomic E-state index is 11.3. The molecule has 4 heteroatoms. The van der Waals surface area contributed by atoms with Crippen molar-refractivity contribution in [2.45, 2.75) is 19.8 Å². The zero-order valence-electron chi connectivity index (χ0n) is 8.86. The Morgan fingerprint density at radius 1 is 1.60 bits per heavy atom. The standard InChI is InChI=1S/C11H15N3O/c1-9-4-2-6-12-11(9)13-8-14-7-3-5-10(14)15/h2,4,6H,3,5,7-8H2,1H3,(H,12,13). The average molecular weight is 205 g/mol. The number of pyridine rings is 1. The van der Waals surface area contributed by atoms with Gasteiger partial charge in [-0.1, -0.05) is 6.07 Å². The lowest BCUT2D eigenvalue weighted by molar-refractivity contribution is -0.127. The Labute approximate surface area is 89.3 Å². The van der Waals surface area contributed by atoms with Crippen LogP contribution in [0.3, 0.4) is 0 Å². The van der Waals surface area contributed by atoms with Crippen LogP contribution in [0.1, 0.15) is 18.4 Å². The number of nitrogens with zero attached hydrogens (tertiary/aromatic N) is 2. The zero-order valence-corrected chi connectivity index (χ0v) is 8.86. The third kappa shape index (κ3) is 2.26. The molecule has 1 N–H and O–H groups in total. The lowest BCUT2D eigenvalue weighted by Crippen LogP contribution is -2.30. The fourth-order valence-electron chi connectivity index (χ4n) is 1.71. The lowest BCUT2D eigenvalue weighted by atomic mass is 10.3. The number of rotatable bonds is 3. The first kappa shape index (κ1) is 9.96. The summed E-state index contributed by atoms with van der Waals surface area (Å²) in [5.74, 6) is 1.09. The van der Waals surface area contributed by atoms with Crippen molar-refractivity contribution in [1.82, 2.24) is 9.88 Å². The molecule has 15 heavy (non-hydrogen) atoms. The number of hydrogen-bond donors (Lipinski definition) is 1. The van der Waals surface area contributed by atoms with Crippen molar-refractivity contribution in [3.05, 3.63) is 23.9 Å². The Morgan fingerprint density at radius 3 is 3.13 bits per heavy atom. The molecule has 0 radical (unpaired) electrons. The fourth-order valence-corrected chi connectivity index (χ4v) is 1.71. The summed E-state index contributed by atoms with van der Waals surface area (Å²) >= 11 is 0. The fraction of sp³-hybridized carbons (Fsp3) is 0.455. The second kappa shape index (κ2) is 4.29. The number of carbonyl (C=O) groups excluding carboxylic acids is 1. The molecule has 1 aromatic heterocycles. The minimum Gasteiger partial charge on any atom is -0.352 e. The van der Waals surface area contributed by atoms with Gasteiger partial charge in [-0.05, 0) is 25.0 Å². The SMILES string of the molecule is Cc1cccnc1NCN1CCCC1=O. The van der Waals surface area contributed by atoms with E-state index in [1.807, 2.05) is 24.0 Å². The van der Waals surface area contributed by atoms with E-state index in [0.717, 1.165) is 24.3 Å². The number of likely N-dealkylation sites (tertiary alicyclic amines) is 1. The predicted molar refractivity (Wildman–Crippen MR) is 58.4 cm³/mol. The first-order valence-corrected chi connectivity index (χ1v) is 5.20. The molecule has 1 aliphatic rings. The molecular weight excluding hydrogens is 190 g/mol. The van der Waals surface area contributed by atoms with Crippen LogP contribution >= 0.6 is 0 Å². The zero-order chi connectivity index (χ0) is 10.7. The maximum Gasteiger partial charge on any atom is 0.224 e. The number of anilines is 1. The predicted octanol–water partition coefficient (Wildman–Crippen LogP) is 1.38. The van der Waals surface area contributed by atoms with Crippen molar-refractivity contribution in [3.8, 4) is 0 Å². The molecule has 1 aromatic rings. The van der Waals surface area contributed by atoms with Gasteiger partial charge in [0.25, 0.3) is 0 Å². The summed E-state index contributed by atoms with van der Waals surface area (Å²) in [6, 6.07) is 3.91. The Bertz CT molecular complexity index is 365. The molecule has 0 bridgehead atoms. The van der Waals surface area contributed by atoms with Gasteiger partial charge in [0.1, 0.15) is 5.82 Å². The molecule has 1 fully saturated rings. The van der Waals surface area contributed by atoms with E-state index in [1.54, 1.807) is 6.20 Å². The van der Waals surface area contributed by atoms with E-state index < -0.39 is 0 Å². The molecule has 4 nitrogen and oxygen atoms in total. The van der Waals surface area contributed by atoms with Crippen molar-refractivity contribution in [3.63, 3.8) is 0 Å². The topological polar surface area (TPSA) is 45.2 Å². The van der Waals surface area contributed by atoms with Crippen LogP contribution < -0.4 is 5.32 Å². The van der Waals surface area contributed by atoms with Gasteiger partial charge in [0.05, 0.1) is 6.67 Å². The third-order valence-electron chi connectivity index (χ3n) is 2.62. The Morgan fingerprint density at radius 2 is 2.47 bits per heavy atom. The summed E-state index contributed by atoms with van der Waals surface area (Å²) in [6.45, 7) is 3.43. The highest BCUT2D eigenvalue weighted by Crippen LogP contribution is 2.12. The van der Waals surface area contributed by atoms with Crippen molar-refractivity contribution in [2.24, 2.45) is 0 Å². The van der Waals surface area contributed by atoms with E-state index in [4.69, 9.17) is 0 Å². The van der Waals surface area contributed by atoms with Gasteiger partial charge in [-0.25, -0.2) is 4.98 Å². The molecule has 1 amide bonds. The van der Waals surface area contributed by atoms with Crippen LogP contribution in [0.4, 0.5) is 5.82 Å². The van der Waals surface area contributed by atoms with Gasteiger partial charge >= 0.3 is 0 Å². The number of aromatic nitrogens is 1. The molecule has 0 aliphatic carbocycles. The summed E-state index contributed by atoms with van der Waals surface area (Å²) in [5, 5.41) is 3.18. The van der Waals surface area contributed by atoms with Crippen molar-refractivity contribution in [1.29, 1.82) is 0 Å². The van der Waals surface area contributed by atoms with E-state index in [-0.39, 0.29) is 5.91 Å². The maximum absolute atomic E-state index is 11.3. The molecule has 0 spiro atoms. The van der Waals surface area contributed by atoms with Crippen molar-refractivity contribution >= 4 is 11.7 Å². The van der Waals surface area contributed by atoms with Gasteiger partial charge in [0.2, 0.25) is 5.91 Å². The molecule has 80 valence electrons. The second-order valence-electron chi connectivity index (χ2n) is 3.76. The molecule has 0 atom stereocenters. The van der Waals surface area contributed by atoms with Crippen LogP contribution in [0, 0.1) is 6.92 Å². The summed E-state index contributed by atoms with van der Waals surface area (Å²) < 4.78 is 0. The largest absolute Gasteiger partial charge is 0.352 e. The summed E-state index contributed by atoms with van der Waals surface area (Å²) in [6.07, 6.45) is 3.41. The molecule has 0 aromatic carbocycles. The van der Waals surface area contributed by atoms with Crippen LogP contribution in [0.25, 0.3) is 0 Å². The molecule has 2 rings (SSSR count). The molecular formula is C11H15N3O. The highest BCUT2D eigenvalue weighted by Gasteiger charge is 2.19. The Kier molecular flexibility index (Phi) is 2.85. The van der Waals surface area contributed by atoms with Gasteiger partial charge in [-0.2, -0.15) is 0 Å². The number of carbonyl (C=O) groups is 1. The van der Waals surface area contributed by atoms with Crippen LogP contribution in [0.5, 0.6) is 0 Å². The quantitative estimate of drug-likeness (QED) is 0.810. The smallest absolute Gasteiger partial charge is 0.224 e. The molecule has 1 aliphatic heterocycles. The van der Waals surface area contributed by atoms with Gasteiger partial charge in [-0.15, -0.1) is 0 Å². The van der Waals surface area contributed by atoms with Crippen LogP contribution in [0.15, 0.2) is 18.3 Å². The highest BCUT2D eigenvalue weighted by atomic mass is 16.2. The van der Waals surface area contributed by atoms with Gasteiger partial charge in [-0.3, -0.25) is 4.79 Å². The van der Waals surface area contributed by atoms with Gasteiger partial charge < -0.3 is 10.2 Å². The van der Waals surface area contributed by atoms with Crippen molar-refractivity contribution in [2.75, 3.05) is 18.5 Å². The van der Waals surface area contributed by atoms with E-state index in [1.165, 1.54) is 0 Å². The Hall–Kier alpha value is -1.58. The highest BCUT2D eigenvalue weighted by molar-refractivity contribution is 5.78. The second-order valence-corrected chi connectivity index (χ2v) is 3.76. The number of hydrogen-bond acceptors (Lipinski definition) is 3. The summed E-state index contributed by atoms with van der Waals surface area (Å²) in [5.41, 5.74) is 1.10. The molecule has 0 unspecified atom stereocenters. The van der Waals surface area contributed by atoms with Crippen LogP contribution in [-0.4, -0.2) is 29.0 Å². The van der Waals surface area contributed by atoms with E-state index in [9.17, 15) is 4.79 Å². The van der Waals surface area contributed by atoms with E-state index >= 15 is 0 Å². The number of nitrogens with one attached hydrogen (secondary N) is 1. The van der Waals surface area contributed by atoms with E-state index in [0.29, 0.717) is 13.1 Å². The summed E-state index contributed by atoms with van der Waals surface area (Å²) in [7, 11) is 0. The van der Waals surface area contributed by atoms with Crippen LogP contribution in [-0.2, 0) is 4.79 Å². The monoisotopic (exact) mass is 205 g/mol. The molecule has 2 heterocycles. The van der Waals surface area contributed by atoms with Crippen molar-refractivity contribution < 1.29 is 4.79 Å². The van der Waals surface area contributed by atoms with E-state index in [2.05, 4.69) is 10.3 Å². The minimum atomic E-state index is 0.232. The molecule has 1 saturated heterocycles. The average Bonchev–Trinajstić information content (AvgIpc) is 2.63. The summed E-state index contributed by atoms with van der Waals surface area (Å²) in [4.78, 5) is 17.4. The minimum absolute atomic E-state index is 0.232. The first-order chi connectivity index (χ1) is 7.27. The lowest BCUT2D eigenvalue weighted by Gasteiger charge is -2.17. The first-order valence-electron chi connectivity index (χ1n) is 5.20. The Balaban J connectivity index is 1.93. The number of aryl methyl sites for hydroxylation is 1. The van der Waals surface area contributed by atoms with Gasteiger partial charge in [0.15, 0.2) is 0 Å². The third-order valence-corrected chi connectivity index (χ3v) is 2.62.